The molecule has 2 aromatic carbocycles. The van der Waals surface area contributed by atoms with Gasteiger partial charge in [0.1, 0.15) is 16.9 Å². The van der Waals surface area contributed by atoms with E-state index in [0.29, 0.717) is 42.1 Å². The van der Waals surface area contributed by atoms with Crippen molar-refractivity contribution < 1.29 is 19.1 Å². The van der Waals surface area contributed by atoms with Gasteiger partial charge in [0.05, 0.1) is 6.61 Å². The van der Waals surface area contributed by atoms with Gasteiger partial charge in [-0.3, -0.25) is 4.79 Å². The lowest BCUT2D eigenvalue weighted by atomic mass is 9.63. The number of esters is 1. The highest BCUT2D eigenvalue weighted by Crippen LogP contribution is 2.46. The molecule has 1 aliphatic carbocycles. The number of anilines is 1. The minimum absolute atomic E-state index is 0.0141. The summed E-state index contributed by atoms with van der Waals surface area (Å²) in [6.45, 7) is 15.3. The first-order valence-corrected chi connectivity index (χ1v) is 12.4. The number of fused-ring (bicyclic) bond motifs is 1. The van der Waals surface area contributed by atoms with Crippen molar-refractivity contribution in [3.8, 4) is 5.75 Å². The van der Waals surface area contributed by atoms with Crippen LogP contribution in [-0.2, 0) is 15.6 Å². The van der Waals surface area contributed by atoms with Crippen LogP contribution in [0.15, 0.2) is 36.4 Å². The number of carbonyl (C=O) groups is 2. The molecule has 0 aromatic heterocycles. The molecule has 6 nitrogen and oxygen atoms in total. The van der Waals surface area contributed by atoms with E-state index < -0.39 is 11.6 Å². The average molecular weight is 481 g/mol. The van der Waals surface area contributed by atoms with Crippen molar-refractivity contribution in [1.82, 2.24) is 0 Å². The number of carbonyl (C=O) groups excluding carboxylic acids is 2. The maximum Gasteiger partial charge on any atom is 0.342 e. The Morgan fingerprint density at radius 2 is 1.63 bits per heavy atom. The number of nitrogens with two attached hydrogens (primary N) is 1. The molecule has 0 fully saturated rings. The molecule has 6 heteroatoms. The largest absolute Gasteiger partial charge is 0.493 e. The summed E-state index contributed by atoms with van der Waals surface area (Å²) >= 11 is 0. The highest BCUT2D eigenvalue weighted by Gasteiger charge is 2.37. The van der Waals surface area contributed by atoms with Crippen LogP contribution in [0.5, 0.6) is 5.75 Å². The zero-order valence-electron chi connectivity index (χ0n) is 22.2. The van der Waals surface area contributed by atoms with Crippen molar-refractivity contribution in [1.29, 1.82) is 0 Å². The standard InChI is InChI=1S/C29H40N2O4/c1-27(2,3)35-26(33)21-11-10-20(18-24(21)34-16-8-15-30)31-25(32)19-9-12-22-23(17-19)29(6,7)14-13-28(22,4)5/h9-12,17-18H,8,13-16,30H2,1-7H3,(H,31,32). The molecule has 3 N–H and O–H groups in total. The summed E-state index contributed by atoms with van der Waals surface area (Å²) in [6.07, 6.45) is 2.84. The Bertz CT molecular complexity index is 1100. The van der Waals surface area contributed by atoms with Crippen molar-refractivity contribution in [2.24, 2.45) is 5.73 Å². The van der Waals surface area contributed by atoms with Gasteiger partial charge in [-0.05, 0) is 92.8 Å². The Labute approximate surface area is 209 Å². The van der Waals surface area contributed by atoms with Crippen LogP contribution in [-0.4, -0.2) is 30.6 Å². The van der Waals surface area contributed by atoms with Crippen LogP contribution in [0.4, 0.5) is 5.69 Å². The summed E-state index contributed by atoms with van der Waals surface area (Å²) in [5, 5.41) is 2.96. The third kappa shape index (κ3) is 6.43. The van der Waals surface area contributed by atoms with E-state index in [1.165, 1.54) is 11.1 Å². The average Bonchev–Trinajstić information content (AvgIpc) is 2.76. The maximum atomic E-state index is 13.2. The molecule has 0 heterocycles. The van der Waals surface area contributed by atoms with Gasteiger partial charge in [0.25, 0.3) is 5.91 Å². The van der Waals surface area contributed by atoms with Crippen LogP contribution < -0.4 is 15.8 Å². The molecule has 0 bridgehead atoms. The Morgan fingerprint density at radius 3 is 2.26 bits per heavy atom. The van der Waals surface area contributed by atoms with Gasteiger partial charge in [0.15, 0.2) is 0 Å². The number of hydrogen-bond acceptors (Lipinski definition) is 5. The zero-order chi connectivity index (χ0) is 26.0. The van der Waals surface area contributed by atoms with Crippen LogP contribution in [0.1, 0.15) is 99.6 Å². The highest BCUT2D eigenvalue weighted by atomic mass is 16.6. The minimum atomic E-state index is -0.632. The fourth-order valence-corrected chi connectivity index (χ4v) is 4.42. The lowest BCUT2D eigenvalue weighted by Gasteiger charge is -2.42. The highest BCUT2D eigenvalue weighted by molar-refractivity contribution is 6.05. The van der Waals surface area contributed by atoms with E-state index >= 15 is 0 Å². The van der Waals surface area contributed by atoms with E-state index in [0.717, 1.165) is 12.8 Å². The molecule has 0 aliphatic heterocycles. The first kappa shape index (κ1) is 26.7. The Kier molecular flexibility index (Phi) is 7.65. The Balaban J connectivity index is 1.87. The van der Waals surface area contributed by atoms with E-state index in [1.807, 2.05) is 32.9 Å². The molecule has 0 radical (unpaired) electrons. The van der Waals surface area contributed by atoms with Crippen molar-refractivity contribution in [3.05, 3.63) is 58.7 Å². The van der Waals surface area contributed by atoms with Gasteiger partial charge in [-0.2, -0.15) is 0 Å². The lowest BCUT2D eigenvalue weighted by molar-refractivity contribution is 0.00657. The number of benzene rings is 2. The summed E-state index contributed by atoms with van der Waals surface area (Å²) in [7, 11) is 0. The predicted octanol–water partition coefficient (Wildman–Crippen LogP) is 5.97. The minimum Gasteiger partial charge on any atom is -0.493 e. The fraction of sp³-hybridized carbons (Fsp3) is 0.517. The molecule has 0 unspecified atom stereocenters. The second-order valence-corrected chi connectivity index (χ2v) is 11.7. The Hall–Kier alpha value is -2.86. The molecule has 2 aromatic rings. The van der Waals surface area contributed by atoms with Crippen molar-refractivity contribution >= 4 is 17.6 Å². The molecule has 0 saturated heterocycles. The van der Waals surface area contributed by atoms with Gasteiger partial charge in [0, 0.05) is 17.3 Å². The predicted molar refractivity (Wildman–Crippen MR) is 140 cm³/mol. The number of amides is 1. The second-order valence-electron chi connectivity index (χ2n) is 11.7. The van der Waals surface area contributed by atoms with Crippen LogP contribution >= 0.6 is 0 Å². The van der Waals surface area contributed by atoms with E-state index in [4.69, 9.17) is 15.2 Å². The topological polar surface area (TPSA) is 90.6 Å². The third-order valence-electron chi connectivity index (χ3n) is 6.58. The number of hydrogen-bond donors (Lipinski definition) is 2. The van der Waals surface area contributed by atoms with Gasteiger partial charge in [-0.1, -0.05) is 33.8 Å². The second kappa shape index (κ2) is 10.0. The number of nitrogens with one attached hydrogen (secondary N) is 1. The summed E-state index contributed by atoms with van der Waals surface area (Å²) < 4.78 is 11.4. The molecule has 35 heavy (non-hydrogen) atoms. The van der Waals surface area contributed by atoms with E-state index in [1.54, 1.807) is 18.2 Å². The van der Waals surface area contributed by atoms with E-state index in [-0.39, 0.29) is 16.7 Å². The molecular weight excluding hydrogens is 440 g/mol. The SMILES string of the molecule is CC(C)(C)OC(=O)c1ccc(NC(=O)c2ccc3c(c2)C(C)(C)CCC3(C)C)cc1OCCCN. The molecule has 1 aliphatic rings. The zero-order valence-corrected chi connectivity index (χ0v) is 22.2. The smallest absolute Gasteiger partial charge is 0.342 e. The molecule has 0 spiro atoms. The lowest BCUT2D eigenvalue weighted by Crippen LogP contribution is -2.34. The van der Waals surface area contributed by atoms with E-state index in [9.17, 15) is 9.59 Å². The summed E-state index contributed by atoms with van der Waals surface area (Å²) in [6, 6.07) is 11.0. The molecule has 190 valence electrons. The molecule has 1 amide bonds. The van der Waals surface area contributed by atoms with Gasteiger partial charge in [-0.15, -0.1) is 0 Å². The monoisotopic (exact) mass is 480 g/mol. The van der Waals surface area contributed by atoms with Gasteiger partial charge < -0.3 is 20.5 Å². The van der Waals surface area contributed by atoms with Gasteiger partial charge in [-0.25, -0.2) is 4.79 Å². The van der Waals surface area contributed by atoms with Crippen LogP contribution in [0.2, 0.25) is 0 Å². The summed E-state index contributed by atoms with van der Waals surface area (Å²) in [5.41, 5.74) is 9.06. The summed E-state index contributed by atoms with van der Waals surface area (Å²) in [5.74, 6) is -0.318. The van der Waals surface area contributed by atoms with E-state index in [2.05, 4.69) is 39.1 Å². The summed E-state index contributed by atoms with van der Waals surface area (Å²) in [4.78, 5) is 25.9. The van der Waals surface area contributed by atoms with Crippen molar-refractivity contribution in [2.45, 2.75) is 84.2 Å². The van der Waals surface area contributed by atoms with Gasteiger partial charge in [0.2, 0.25) is 0 Å². The third-order valence-corrected chi connectivity index (χ3v) is 6.58. The first-order chi connectivity index (χ1) is 16.2. The van der Waals surface area contributed by atoms with Gasteiger partial charge >= 0.3 is 5.97 Å². The maximum absolute atomic E-state index is 13.2. The van der Waals surface area contributed by atoms with Crippen molar-refractivity contribution in [3.63, 3.8) is 0 Å². The first-order valence-electron chi connectivity index (χ1n) is 12.4. The molecule has 0 atom stereocenters. The molecule has 3 rings (SSSR count). The Morgan fingerprint density at radius 1 is 0.971 bits per heavy atom. The quantitative estimate of drug-likeness (QED) is 0.376. The number of ether oxygens (including phenoxy) is 2. The van der Waals surface area contributed by atoms with Crippen LogP contribution in [0.3, 0.4) is 0 Å². The van der Waals surface area contributed by atoms with Crippen LogP contribution in [0, 0.1) is 0 Å². The molecule has 0 saturated carbocycles. The van der Waals surface area contributed by atoms with Crippen molar-refractivity contribution in [2.75, 3.05) is 18.5 Å². The van der Waals surface area contributed by atoms with Crippen LogP contribution in [0.25, 0.3) is 0 Å². The fourth-order valence-electron chi connectivity index (χ4n) is 4.42. The molecular formula is C29H40N2O4. The number of rotatable bonds is 7. The normalized spacial score (nSPS) is 16.2.